The Labute approximate surface area is 101 Å². The minimum Gasteiger partial charge on any atom is -0.370 e. The molecule has 1 aromatic heterocycles. The maximum absolute atomic E-state index is 11.8. The fraction of sp³-hybridized carbons (Fsp3) is 0.583. The molecule has 2 N–H and O–H groups in total. The molecule has 1 aliphatic carbocycles. The highest BCUT2D eigenvalue weighted by Gasteiger charge is 2.24. The Balaban J connectivity index is 1.97. The molecule has 5 heteroatoms. The zero-order valence-electron chi connectivity index (χ0n) is 10.2. The summed E-state index contributed by atoms with van der Waals surface area (Å²) in [6.07, 6.45) is 3.58. The molecule has 0 atom stereocenters. The van der Waals surface area contributed by atoms with Gasteiger partial charge in [-0.15, -0.1) is 0 Å². The van der Waals surface area contributed by atoms with E-state index in [2.05, 4.69) is 34.4 Å². The van der Waals surface area contributed by atoms with Crippen molar-refractivity contribution in [1.82, 2.24) is 15.3 Å². The van der Waals surface area contributed by atoms with Crippen LogP contribution in [0.3, 0.4) is 0 Å². The van der Waals surface area contributed by atoms with Gasteiger partial charge in [0.1, 0.15) is 17.8 Å². The van der Waals surface area contributed by atoms with E-state index in [0.29, 0.717) is 23.5 Å². The smallest absolute Gasteiger partial charge is 0.270 e. The van der Waals surface area contributed by atoms with Crippen LogP contribution in [0.1, 0.15) is 37.2 Å². The van der Waals surface area contributed by atoms with E-state index in [-0.39, 0.29) is 5.91 Å². The van der Waals surface area contributed by atoms with Crippen molar-refractivity contribution in [3.8, 4) is 0 Å². The summed E-state index contributed by atoms with van der Waals surface area (Å²) in [5, 5.41) is 6.08. The van der Waals surface area contributed by atoms with Crippen molar-refractivity contribution in [2.75, 3.05) is 11.9 Å². The number of aromatic nitrogens is 2. The summed E-state index contributed by atoms with van der Waals surface area (Å²) in [7, 11) is 0. The van der Waals surface area contributed by atoms with Gasteiger partial charge in [0.25, 0.3) is 5.91 Å². The second-order valence-corrected chi connectivity index (χ2v) is 4.81. The highest BCUT2D eigenvalue weighted by molar-refractivity contribution is 5.93. The lowest BCUT2D eigenvalue weighted by atomic mass is 10.2. The molecule has 1 heterocycles. The number of amides is 1. The van der Waals surface area contributed by atoms with Crippen molar-refractivity contribution in [3.05, 3.63) is 18.1 Å². The molecule has 0 saturated heterocycles. The molecular weight excluding hydrogens is 216 g/mol. The van der Waals surface area contributed by atoms with E-state index in [1.165, 1.54) is 6.33 Å². The molecule has 2 rings (SSSR count). The van der Waals surface area contributed by atoms with Crippen LogP contribution in [0.2, 0.25) is 0 Å². The van der Waals surface area contributed by atoms with Gasteiger partial charge in [-0.3, -0.25) is 4.79 Å². The maximum atomic E-state index is 11.8. The Morgan fingerprint density at radius 2 is 2.24 bits per heavy atom. The molecule has 0 aliphatic heterocycles. The Morgan fingerprint density at radius 3 is 2.88 bits per heavy atom. The number of nitrogens with one attached hydrogen (secondary N) is 2. The number of carbonyl (C=O) groups is 1. The number of hydrogen-bond donors (Lipinski definition) is 2. The number of hydrogen-bond acceptors (Lipinski definition) is 4. The summed E-state index contributed by atoms with van der Waals surface area (Å²) < 4.78 is 0. The van der Waals surface area contributed by atoms with E-state index in [0.717, 1.165) is 19.4 Å². The van der Waals surface area contributed by atoms with Crippen molar-refractivity contribution in [2.24, 2.45) is 5.92 Å². The largest absolute Gasteiger partial charge is 0.370 e. The van der Waals surface area contributed by atoms with Crippen LogP contribution in [0, 0.1) is 5.92 Å². The van der Waals surface area contributed by atoms with Gasteiger partial charge in [-0.05, 0) is 18.8 Å². The molecule has 1 aliphatic rings. The van der Waals surface area contributed by atoms with E-state index < -0.39 is 0 Å². The highest BCUT2D eigenvalue weighted by atomic mass is 16.2. The second kappa shape index (κ2) is 5.12. The Hall–Kier alpha value is -1.65. The summed E-state index contributed by atoms with van der Waals surface area (Å²) in [4.78, 5) is 19.8. The van der Waals surface area contributed by atoms with Gasteiger partial charge in [0.05, 0.1) is 0 Å². The lowest BCUT2D eigenvalue weighted by Crippen LogP contribution is -2.26. The van der Waals surface area contributed by atoms with Crippen LogP contribution >= 0.6 is 0 Å². The van der Waals surface area contributed by atoms with Gasteiger partial charge in [-0.2, -0.15) is 0 Å². The van der Waals surface area contributed by atoms with Gasteiger partial charge < -0.3 is 10.6 Å². The Kier molecular flexibility index (Phi) is 3.56. The molecule has 1 fully saturated rings. The number of carbonyl (C=O) groups excluding carboxylic acids is 1. The van der Waals surface area contributed by atoms with Crippen molar-refractivity contribution >= 4 is 11.7 Å². The molecule has 0 bridgehead atoms. The second-order valence-electron chi connectivity index (χ2n) is 4.81. The van der Waals surface area contributed by atoms with Gasteiger partial charge >= 0.3 is 0 Å². The summed E-state index contributed by atoms with van der Waals surface area (Å²) >= 11 is 0. The van der Waals surface area contributed by atoms with E-state index in [4.69, 9.17) is 0 Å². The number of anilines is 1. The summed E-state index contributed by atoms with van der Waals surface area (Å²) in [6.45, 7) is 5.07. The van der Waals surface area contributed by atoms with Crippen molar-refractivity contribution < 1.29 is 4.79 Å². The average molecular weight is 234 g/mol. The molecule has 0 radical (unpaired) electrons. The van der Waals surface area contributed by atoms with E-state index in [9.17, 15) is 4.79 Å². The van der Waals surface area contributed by atoms with Crippen LogP contribution in [-0.2, 0) is 0 Å². The van der Waals surface area contributed by atoms with Gasteiger partial charge in [0.2, 0.25) is 0 Å². The van der Waals surface area contributed by atoms with Gasteiger partial charge in [0, 0.05) is 18.7 Å². The third-order valence-electron chi connectivity index (χ3n) is 2.50. The zero-order chi connectivity index (χ0) is 12.3. The first kappa shape index (κ1) is 11.8. The molecule has 1 saturated carbocycles. The third kappa shape index (κ3) is 3.69. The van der Waals surface area contributed by atoms with Gasteiger partial charge in [-0.1, -0.05) is 13.8 Å². The molecule has 0 spiro atoms. The lowest BCUT2D eigenvalue weighted by molar-refractivity contribution is 0.0946. The Bertz CT molecular complexity index is 401. The minimum absolute atomic E-state index is 0.109. The molecule has 1 aromatic rings. The predicted molar refractivity (Wildman–Crippen MR) is 65.8 cm³/mol. The van der Waals surface area contributed by atoms with Crippen LogP contribution in [0.5, 0.6) is 0 Å². The van der Waals surface area contributed by atoms with Crippen LogP contribution in [0.15, 0.2) is 12.4 Å². The quantitative estimate of drug-likeness (QED) is 0.809. The summed E-state index contributed by atoms with van der Waals surface area (Å²) in [6, 6.07) is 2.05. The number of rotatable bonds is 5. The maximum Gasteiger partial charge on any atom is 0.270 e. The van der Waals surface area contributed by atoms with E-state index >= 15 is 0 Å². The normalized spacial score (nSPS) is 14.8. The lowest BCUT2D eigenvalue weighted by Gasteiger charge is -2.08. The summed E-state index contributed by atoms with van der Waals surface area (Å²) in [5.74, 6) is 1.13. The number of nitrogens with zero attached hydrogens (tertiary/aromatic N) is 2. The Morgan fingerprint density at radius 1 is 1.47 bits per heavy atom. The average Bonchev–Trinajstić information content (AvgIpc) is 3.10. The van der Waals surface area contributed by atoms with Crippen LogP contribution in [0.25, 0.3) is 0 Å². The molecule has 5 nitrogen and oxygen atoms in total. The molecule has 17 heavy (non-hydrogen) atoms. The zero-order valence-corrected chi connectivity index (χ0v) is 10.2. The highest BCUT2D eigenvalue weighted by Crippen LogP contribution is 2.19. The SMILES string of the molecule is CC(C)CNc1cc(C(=O)NC2CC2)ncn1. The predicted octanol–water partition coefficient (Wildman–Crippen LogP) is 1.44. The first-order valence-electron chi connectivity index (χ1n) is 6.02. The monoisotopic (exact) mass is 234 g/mol. The van der Waals surface area contributed by atoms with Crippen molar-refractivity contribution in [2.45, 2.75) is 32.7 Å². The first-order valence-corrected chi connectivity index (χ1v) is 6.02. The molecular formula is C12H18N4O. The van der Waals surface area contributed by atoms with Gasteiger partial charge in [0.15, 0.2) is 0 Å². The summed E-state index contributed by atoms with van der Waals surface area (Å²) in [5.41, 5.74) is 0.429. The van der Waals surface area contributed by atoms with E-state index in [1.807, 2.05) is 0 Å². The van der Waals surface area contributed by atoms with Gasteiger partial charge in [-0.25, -0.2) is 9.97 Å². The minimum atomic E-state index is -0.109. The fourth-order valence-electron chi connectivity index (χ4n) is 1.37. The molecule has 0 unspecified atom stereocenters. The standard InChI is InChI=1S/C12H18N4O/c1-8(2)6-13-11-5-10(14-7-15-11)12(17)16-9-3-4-9/h5,7-9H,3-4,6H2,1-2H3,(H,16,17)(H,13,14,15). The third-order valence-corrected chi connectivity index (χ3v) is 2.50. The van der Waals surface area contributed by atoms with Crippen LogP contribution in [0.4, 0.5) is 5.82 Å². The van der Waals surface area contributed by atoms with E-state index in [1.54, 1.807) is 6.07 Å². The first-order chi connectivity index (χ1) is 8.15. The van der Waals surface area contributed by atoms with Crippen molar-refractivity contribution in [3.63, 3.8) is 0 Å². The molecule has 92 valence electrons. The van der Waals surface area contributed by atoms with Crippen LogP contribution < -0.4 is 10.6 Å². The van der Waals surface area contributed by atoms with Crippen LogP contribution in [-0.4, -0.2) is 28.5 Å². The molecule has 1 amide bonds. The van der Waals surface area contributed by atoms with Crippen molar-refractivity contribution in [1.29, 1.82) is 0 Å². The topological polar surface area (TPSA) is 66.9 Å². The fourth-order valence-corrected chi connectivity index (χ4v) is 1.37. The molecule has 0 aromatic carbocycles.